The van der Waals surface area contributed by atoms with Gasteiger partial charge in [-0.15, -0.1) is 0 Å². The normalized spacial score (nSPS) is 21.9. The molecule has 0 aromatic heterocycles. The van der Waals surface area contributed by atoms with Gasteiger partial charge in [0.2, 0.25) is 11.8 Å². The highest BCUT2D eigenvalue weighted by molar-refractivity contribution is 6.05. The molecule has 1 aromatic carbocycles. The minimum Gasteiger partial charge on any atom is -0.444 e. The van der Waals surface area contributed by atoms with Crippen LogP contribution in [0.5, 0.6) is 0 Å². The highest BCUT2D eigenvalue weighted by Crippen LogP contribution is 2.31. The Hall–Kier alpha value is -3.10. The lowest BCUT2D eigenvalue weighted by Gasteiger charge is -2.29. The van der Waals surface area contributed by atoms with E-state index in [2.05, 4.69) is 10.2 Å². The Balaban J connectivity index is 1.43. The number of hydrogen-bond acceptors (Lipinski definition) is 6. The van der Waals surface area contributed by atoms with Gasteiger partial charge in [-0.05, 0) is 57.4 Å². The van der Waals surface area contributed by atoms with Gasteiger partial charge in [0.25, 0.3) is 5.91 Å². The van der Waals surface area contributed by atoms with E-state index in [9.17, 15) is 19.2 Å². The van der Waals surface area contributed by atoms with E-state index in [1.807, 2.05) is 39.0 Å². The molecule has 3 heterocycles. The van der Waals surface area contributed by atoms with Gasteiger partial charge < -0.3 is 19.4 Å². The van der Waals surface area contributed by atoms with Gasteiger partial charge in [0.05, 0.1) is 0 Å². The number of amides is 4. The van der Waals surface area contributed by atoms with Crippen molar-refractivity contribution >= 4 is 29.5 Å². The second kappa shape index (κ2) is 8.44. The van der Waals surface area contributed by atoms with Gasteiger partial charge in [0.1, 0.15) is 11.6 Å². The number of anilines is 1. The Bertz CT molecular complexity index is 954. The predicted octanol–water partition coefficient (Wildman–Crippen LogP) is 1.89. The van der Waals surface area contributed by atoms with Crippen molar-refractivity contribution in [2.24, 2.45) is 0 Å². The maximum absolute atomic E-state index is 12.9. The third-order valence-corrected chi connectivity index (χ3v) is 6.02. The Morgan fingerprint density at radius 1 is 1.09 bits per heavy atom. The third kappa shape index (κ3) is 4.56. The Kier molecular flexibility index (Phi) is 5.83. The molecule has 0 saturated carbocycles. The van der Waals surface area contributed by atoms with Gasteiger partial charge in [-0.25, -0.2) is 4.79 Å². The van der Waals surface area contributed by atoms with E-state index in [1.165, 1.54) is 0 Å². The maximum Gasteiger partial charge on any atom is 0.410 e. The molecular formula is C23H30N4O5. The van der Waals surface area contributed by atoms with Crippen molar-refractivity contribution in [3.8, 4) is 0 Å². The molecule has 9 heteroatoms. The Morgan fingerprint density at radius 2 is 1.88 bits per heavy atom. The van der Waals surface area contributed by atoms with Gasteiger partial charge in [0.15, 0.2) is 0 Å². The van der Waals surface area contributed by atoms with Crippen LogP contribution < -0.4 is 10.2 Å². The fourth-order valence-electron chi connectivity index (χ4n) is 4.44. The molecule has 172 valence electrons. The van der Waals surface area contributed by atoms with Crippen molar-refractivity contribution in [3.05, 3.63) is 29.3 Å². The molecule has 2 saturated heterocycles. The molecule has 3 aliphatic heterocycles. The van der Waals surface area contributed by atoms with Crippen molar-refractivity contribution in [2.75, 3.05) is 31.1 Å². The molecular weight excluding hydrogens is 412 g/mol. The lowest BCUT2D eigenvalue weighted by Crippen LogP contribution is -2.52. The van der Waals surface area contributed by atoms with Crippen molar-refractivity contribution in [1.29, 1.82) is 0 Å². The Labute approximate surface area is 187 Å². The number of fused-ring (bicyclic) bond motifs is 1. The van der Waals surface area contributed by atoms with Gasteiger partial charge in [0, 0.05) is 50.4 Å². The van der Waals surface area contributed by atoms with Crippen LogP contribution in [0, 0.1) is 0 Å². The average Bonchev–Trinajstić information content (AvgIpc) is 2.88. The molecule has 3 aliphatic rings. The largest absolute Gasteiger partial charge is 0.444 e. The minimum atomic E-state index is -0.614. The number of rotatable bonds is 2. The second-order valence-electron chi connectivity index (χ2n) is 9.55. The van der Waals surface area contributed by atoms with Crippen molar-refractivity contribution in [3.63, 3.8) is 0 Å². The zero-order valence-electron chi connectivity index (χ0n) is 18.8. The highest BCUT2D eigenvalue weighted by atomic mass is 16.6. The predicted molar refractivity (Wildman–Crippen MR) is 117 cm³/mol. The van der Waals surface area contributed by atoms with E-state index in [4.69, 9.17) is 4.74 Å². The number of ether oxygens (including phenoxy) is 1. The monoisotopic (exact) mass is 442 g/mol. The van der Waals surface area contributed by atoms with E-state index in [0.29, 0.717) is 38.2 Å². The first-order chi connectivity index (χ1) is 15.1. The van der Waals surface area contributed by atoms with E-state index in [-0.39, 0.29) is 24.3 Å². The molecule has 0 spiro atoms. The van der Waals surface area contributed by atoms with E-state index in [0.717, 1.165) is 24.2 Å². The number of benzene rings is 1. The number of carbonyl (C=O) groups excluding carboxylic acids is 4. The summed E-state index contributed by atoms with van der Waals surface area (Å²) in [7, 11) is 0. The first-order valence-corrected chi connectivity index (χ1v) is 11.1. The molecule has 2 fully saturated rings. The molecule has 1 N–H and O–H groups in total. The van der Waals surface area contributed by atoms with Crippen molar-refractivity contribution in [1.82, 2.24) is 15.1 Å². The number of imide groups is 1. The molecule has 32 heavy (non-hydrogen) atoms. The minimum absolute atomic E-state index is 0.173. The molecule has 0 bridgehead atoms. The summed E-state index contributed by atoms with van der Waals surface area (Å²) in [5.41, 5.74) is 1.95. The number of nitrogens with one attached hydrogen (secondary N) is 1. The summed E-state index contributed by atoms with van der Waals surface area (Å²) in [4.78, 5) is 54.5. The number of piperidine rings is 1. The number of hydrogen-bond donors (Lipinski definition) is 1. The summed E-state index contributed by atoms with van der Waals surface area (Å²) < 4.78 is 5.50. The summed E-state index contributed by atoms with van der Waals surface area (Å²) in [5.74, 6) is -0.871. The molecule has 4 amide bonds. The van der Waals surface area contributed by atoms with Gasteiger partial charge in [-0.1, -0.05) is 0 Å². The summed E-state index contributed by atoms with van der Waals surface area (Å²) in [6.07, 6.45) is 1.12. The van der Waals surface area contributed by atoms with E-state index >= 15 is 0 Å². The van der Waals surface area contributed by atoms with Crippen molar-refractivity contribution < 1.29 is 23.9 Å². The topological polar surface area (TPSA) is 99.3 Å². The molecule has 9 nitrogen and oxygen atoms in total. The number of carbonyl (C=O) groups is 4. The fourth-order valence-corrected chi connectivity index (χ4v) is 4.44. The van der Waals surface area contributed by atoms with Crippen LogP contribution in [0.15, 0.2) is 18.2 Å². The SMILES string of the molecule is CC(C)(C)OC(=O)N1CCCN(c2ccc3c(c2)CN(C2CCC(=O)NC2=O)C3=O)CC1. The summed E-state index contributed by atoms with van der Waals surface area (Å²) >= 11 is 0. The van der Waals surface area contributed by atoms with Crippen LogP contribution in [-0.2, 0) is 20.9 Å². The first-order valence-electron chi connectivity index (χ1n) is 11.1. The zero-order chi connectivity index (χ0) is 23.0. The fraction of sp³-hybridized carbons (Fsp3) is 0.565. The quantitative estimate of drug-likeness (QED) is 0.703. The lowest BCUT2D eigenvalue weighted by molar-refractivity contribution is -0.136. The van der Waals surface area contributed by atoms with E-state index < -0.39 is 17.6 Å². The molecule has 1 aromatic rings. The van der Waals surface area contributed by atoms with Crippen LogP contribution in [0.4, 0.5) is 10.5 Å². The molecule has 0 radical (unpaired) electrons. The van der Waals surface area contributed by atoms with Crippen LogP contribution in [0.3, 0.4) is 0 Å². The summed E-state index contributed by atoms with van der Waals surface area (Å²) in [6.45, 7) is 8.60. The maximum atomic E-state index is 12.9. The summed E-state index contributed by atoms with van der Waals surface area (Å²) in [5, 5.41) is 2.33. The smallest absolute Gasteiger partial charge is 0.410 e. The van der Waals surface area contributed by atoms with Crippen LogP contribution in [0.1, 0.15) is 56.0 Å². The third-order valence-electron chi connectivity index (χ3n) is 6.02. The van der Waals surface area contributed by atoms with Crippen LogP contribution >= 0.6 is 0 Å². The van der Waals surface area contributed by atoms with Crippen LogP contribution in [-0.4, -0.2) is 71.4 Å². The van der Waals surface area contributed by atoms with Gasteiger partial charge >= 0.3 is 6.09 Å². The molecule has 1 unspecified atom stereocenters. The standard InChI is InChI=1S/C23H30N4O5/c1-23(2,3)32-22(31)26-10-4-9-25(11-12-26)16-5-6-17-15(13-16)14-27(21(17)30)18-7-8-19(28)24-20(18)29/h5-6,13,18H,4,7-12,14H2,1-3H3,(H,24,28,29). The van der Waals surface area contributed by atoms with E-state index in [1.54, 1.807) is 9.80 Å². The van der Waals surface area contributed by atoms with Crippen molar-refractivity contribution in [2.45, 2.75) is 58.2 Å². The zero-order valence-corrected chi connectivity index (χ0v) is 18.8. The Morgan fingerprint density at radius 3 is 2.59 bits per heavy atom. The first kappa shape index (κ1) is 22.1. The average molecular weight is 443 g/mol. The number of nitrogens with zero attached hydrogens (tertiary/aromatic N) is 3. The van der Waals surface area contributed by atoms with Crippen LogP contribution in [0.25, 0.3) is 0 Å². The molecule has 1 atom stereocenters. The molecule has 0 aliphatic carbocycles. The lowest BCUT2D eigenvalue weighted by atomic mass is 10.0. The highest BCUT2D eigenvalue weighted by Gasteiger charge is 2.39. The second-order valence-corrected chi connectivity index (χ2v) is 9.55. The van der Waals surface area contributed by atoms with Crippen LogP contribution in [0.2, 0.25) is 0 Å². The summed E-state index contributed by atoms with van der Waals surface area (Å²) in [6, 6.07) is 5.13. The van der Waals surface area contributed by atoms with Gasteiger partial charge in [-0.3, -0.25) is 19.7 Å². The van der Waals surface area contributed by atoms with Gasteiger partial charge in [-0.2, -0.15) is 0 Å². The molecule has 4 rings (SSSR count).